The Balaban J connectivity index is 2.55. The van der Waals surface area contributed by atoms with Crippen molar-refractivity contribution < 1.29 is 8.42 Å². The minimum absolute atomic E-state index is 0.102. The third-order valence-electron chi connectivity index (χ3n) is 2.84. The van der Waals surface area contributed by atoms with E-state index < -0.39 is 9.84 Å². The molecule has 0 spiro atoms. The SMILES string of the molecule is CCS(=O)(=O)CCCC(NC)c1ccc(Br)cn1. The number of rotatable bonds is 7. The van der Waals surface area contributed by atoms with E-state index in [9.17, 15) is 8.42 Å². The molecule has 1 atom stereocenters. The van der Waals surface area contributed by atoms with Crippen molar-refractivity contribution >= 4 is 25.8 Å². The Bertz CT molecular complexity index is 459. The van der Waals surface area contributed by atoms with Gasteiger partial charge in [0.2, 0.25) is 0 Å². The van der Waals surface area contributed by atoms with E-state index in [2.05, 4.69) is 26.2 Å². The number of halogens is 1. The van der Waals surface area contributed by atoms with Gasteiger partial charge < -0.3 is 5.32 Å². The van der Waals surface area contributed by atoms with E-state index in [4.69, 9.17) is 0 Å². The maximum absolute atomic E-state index is 11.4. The lowest BCUT2D eigenvalue weighted by Gasteiger charge is -2.15. The fourth-order valence-corrected chi connectivity index (χ4v) is 2.81. The van der Waals surface area contributed by atoms with Gasteiger partial charge in [-0.15, -0.1) is 0 Å². The van der Waals surface area contributed by atoms with E-state index in [0.29, 0.717) is 6.42 Å². The van der Waals surface area contributed by atoms with Crippen LogP contribution in [0.5, 0.6) is 0 Å². The number of nitrogens with zero attached hydrogens (tertiary/aromatic N) is 1. The minimum Gasteiger partial charge on any atom is -0.312 e. The van der Waals surface area contributed by atoms with Gasteiger partial charge in [0.25, 0.3) is 0 Å². The van der Waals surface area contributed by atoms with Crippen molar-refractivity contribution in [2.75, 3.05) is 18.6 Å². The van der Waals surface area contributed by atoms with Crippen LogP contribution in [0.4, 0.5) is 0 Å². The Hall–Kier alpha value is -0.460. The first-order valence-electron chi connectivity index (χ1n) is 5.97. The van der Waals surface area contributed by atoms with Crippen LogP contribution in [0.2, 0.25) is 0 Å². The van der Waals surface area contributed by atoms with Gasteiger partial charge in [-0.3, -0.25) is 4.98 Å². The van der Waals surface area contributed by atoms with E-state index in [-0.39, 0.29) is 17.5 Å². The molecule has 0 aromatic carbocycles. The van der Waals surface area contributed by atoms with Crippen LogP contribution < -0.4 is 5.32 Å². The van der Waals surface area contributed by atoms with Crippen LogP contribution in [0.1, 0.15) is 31.5 Å². The molecule has 102 valence electrons. The second-order valence-electron chi connectivity index (χ2n) is 4.12. The van der Waals surface area contributed by atoms with Crippen LogP contribution in [-0.2, 0) is 9.84 Å². The number of pyridine rings is 1. The summed E-state index contributed by atoms with van der Waals surface area (Å²) in [5.41, 5.74) is 0.939. The monoisotopic (exact) mass is 334 g/mol. The number of hydrogen-bond acceptors (Lipinski definition) is 4. The van der Waals surface area contributed by atoms with E-state index in [1.54, 1.807) is 13.1 Å². The third-order valence-corrected chi connectivity index (χ3v) is 5.10. The molecule has 1 N–H and O–H groups in total. The summed E-state index contributed by atoms with van der Waals surface area (Å²) in [6.45, 7) is 1.68. The predicted molar refractivity (Wildman–Crippen MR) is 77.3 cm³/mol. The molecular weight excluding hydrogens is 316 g/mol. The molecule has 0 amide bonds. The quantitative estimate of drug-likeness (QED) is 0.831. The van der Waals surface area contributed by atoms with Crippen LogP contribution in [0.25, 0.3) is 0 Å². The normalized spacial score (nSPS) is 13.5. The van der Waals surface area contributed by atoms with Crippen molar-refractivity contribution in [1.29, 1.82) is 0 Å². The summed E-state index contributed by atoms with van der Waals surface area (Å²) in [7, 11) is -1.00. The summed E-state index contributed by atoms with van der Waals surface area (Å²) < 4.78 is 23.8. The third kappa shape index (κ3) is 5.04. The van der Waals surface area contributed by atoms with Gasteiger partial charge in [0.15, 0.2) is 0 Å². The largest absolute Gasteiger partial charge is 0.312 e. The maximum Gasteiger partial charge on any atom is 0.150 e. The smallest absolute Gasteiger partial charge is 0.150 e. The number of sulfone groups is 1. The Morgan fingerprint density at radius 3 is 2.67 bits per heavy atom. The summed E-state index contributed by atoms with van der Waals surface area (Å²) in [6.07, 6.45) is 3.17. The molecule has 18 heavy (non-hydrogen) atoms. The zero-order valence-electron chi connectivity index (χ0n) is 10.7. The van der Waals surface area contributed by atoms with Gasteiger partial charge in [-0.1, -0.05) is 6.92 Å². The Kier molecular flexibility index (Phi) is 6.25. The van der Waals surface area contributed by atoms with Gasteiger partial charge in [0.05, 0.1) is 11.4 Å². The van der Waals surface area contributed by atoms with Gasteiger partial charge in [-0.25, -0.2) is 8.42 Å². The standard InChI is InChI=1S/C12H19BrN2O2S/c1-3-18(16,17)8-4-5-11(14-2)12-7-6-10(13)9-15-12/h6-7,9,11,14H,3-5,8H2,1-2H3. The van der Waals surface area contributed by atoms with Gasteiger partial charge >= 0.3 is 0 Å². The Morgan fingerprint density at radius 1 is 1.44 bits per heavy atom. The van der Waals surface area contributed by atoms with Crippen molar-refractivity contribution in [1.82, 2.24) is 10.3 Å². The molecule has 1 heterocycles. The van der Waals surface area contributed by atoms with Gasteiger partial charge in [0.1, 0.15) is 9.84 Å². The molecule has 0 aliphatic heterocycles. The minimum atomic E-state index is -2.87. The van der Waals surface area contributed by atoms with Crippen LogP contribution in [-0.4, -0.2) is 32.0 Å². The fourth-order valence-electron chi connectivity index (χ4n) is 1.69. The van der Waals surface area contributed by atoms with Crippen LogP contribution in [0.15, 0.2) is 22.8 Å². The number of nitrogens with one attached hydrogen (secondary N) is 1. The second-order valence-corrected chi connectivity index (χ2v) is 7.51. The highest BCUT2D eigenvalue weighted by atomic mass is 79.9. The maximum atomic E-state index is 11.4. The topological polar surface area (TPSA) is 59.1 Å². The van der Waals surface area contributed by atoms with Gasteiger partial charge in [-0.2, -0.15) is 0 Å². The molecule has 1 unspecified atom stereocenters. The second kappa shape index (κ2) is 7.21. The zero-order valence-corrected chi connectivity index (χ0v) is 13.1. The van der Waals surface area contributed by atoms with Crippen molar-refractivity contribution in [2.24, 2.45) is 0 Å². The van der Waals surface area contributed by atoms with Crippen molar-refractivity contribution in [3.8, 4) is 0 Å². The van der Waals surface area contributed by atoms with Crippen molar-refractivity contribution in [3.05, 3.63) is 28.5 Å². The number of hydrogen-bond donors (Lipinski definition) is 1. The molecule has 1 rings (SSSR count). The van der Waals surface area contributed by atoms with Crippen molar-refractivity contribution in [3.63, 3.8) is 0 Å². The molecule has 1 aromatic heterocycles. The lowest BCUT2D eigenvalue weighted by atomic mass is 10.1. The van der Waals surface area contributed by atoms with E-state index in [1.807, 2.05) is 19.2 Å². The highest BCUT2D eigenvalue weighted by molar-refractivity contribution is 9.10. The molecule has 0 bridgehead atoms. The molecule has 6 heteroatoms. The zero-order chi connectivity index (χ0) is 13.6. The fraction of sp³-hybridized carbons (Fsp3) is 0.583. The summed E-state index contributed by atoms with van der Waals surface area (Å²) in [5.74, 6) is 0.464. The van der Waals surface area contributed by atoms with E-state index >= 15 is 0 Å². The summed E-state index contributed by atoms with van der Waals surface area (Å²) >= 11 is 3.34. The van der Waals surface area contributed by atoms with E-state index in [0.717, 1.165) is 16.6 Å². The molecule has 0 aliphatic rings. The van der Waals surface area contributed by atoms with E-state index in [1.165, 1.54) is 0 Å². The first-order chi connectivity index (χ1) is 8.48. The summed E-state index contributed by atoms with van der Waals surface area (Å²) in [5, 5.41) is 3.17. The first kappa shape index (κ1) is 15.6. The number of aromatic nitrogens is 1. The average Bonchev–Trinajstić information content (AvgIpc) is 2.36. The lowest BCUT2D eigenvalue weighted by Crippen LogP contribution is -2.19. The Morgan fingerprint density at radius 2 is 2.17 bits per heavy atom. The predicted octanol–water partition coefficient (Wildman–Crippen LogP) is 2.32. The molecule has 0 radical (unpaired) electrons. The van der Waals surface area contributed by atoms with Gasteiger partial charge in [0, 0.05) is 22.5 Å². The molecular formula is C12H19BrN2O2S. The molecule has 1 aromatic rings. The summed E-state index contributed by atoms with van der Waals surface area (Å²) in [4.78, 5) is 4.33. The molecule has 0 saturated heterocycles. The van der Waals surface area contributed by atoms with Gasteiger partial charge in [-0.05, 0) is 48.0 Å². The van der Waals surface area contributed by atoms with Crippen molar-refractivity contribution in [2.45, 2.75) is 25.8 Å². The molecule has 0 saturated carbocycles. The first-order valence-corrected chi connectivity index (χ1v) is 8.59. The highest BCUT2D eigenvalue weighted by Crippen LogP contribution is 2.18. The average molecular weight is 335 g/mol. The van der Waals surface area contributed by atoms with Crippen LogP contribution in [0.3, 0.4) is 0 Å². The summed E-state index contributed by atoms with van der Waals surface area (Å²) in [6, 6.07) is 3.99. The highest BCUT2D eigenvalue weighted by Gasteiger charge is 2.13. The lowest BCUT2D eigenvalue weighted by molar-refractivity contribution is 0.524. The van der Waals surface area contributed by atoms with Crippen LogP contribution >= 0.6 is 15.9 Å². The molecule has 0 aliphatic carbocycles. The van der Waals surface area contributed by atoms with Crippen LogP contribution in [0, 0.1) is 0 Å². The molecule has 4 nitrogen and oxygen atoms in total. The Labute approximate surface area is 117 Å². The molecule has 0 fully saturated rings.